The topological polar surface area (TPSA) is 94.8 Å². The van der Waals surface area contributed by atoms with Crippen LogP contribution in [0, 0.1) is 0 Å². The third-order valence-electron chi connectivity index (χ3n) is 2.31. The van der Waals surface area contributed by atoms with Crippen LogP contribution in [-0.2, 0) is 13.5 Å². The van der Waals surface area contributed by atoms with Gasteiger partial charge >= 0.3 is 6.01 Å². The molecule has 0 saturated carbocycles. The largest absolute Gasteiger partial charge is 0.406 e. The molecule has 2 rings (SSSR count). The molecule has 7 nitrogen and oxygen atoms in total. The van der Waals surface area contributed by atoms with Crippen molar-refractivity contribution in [3.63, 3.8) is 0 Å². The van der Waals surface area contributed by atoms with Gasteiger partial charge in [0, 0.05) is 13.2 Å². The van der Waals surface area contributed by atoms with Crippen molar-refractivity contribution in [3.8, 4) is 0 Å². The van der Waals surface area contributed by atoms with E-state index in [9.17, 15) is 0 Å². The van der Waals surface area contributed by atoms with Gasteiger partial charge in [0.2, 0.25) is 5.89 Å². The van der Waals surface area contributed by atoms with E-state index in [1.807, 2.05) is 20.2 Å². The van der Waals surface area contributed by atoms with Gasteiger partial charge in [-0.2, -0.15) is 5.10 Å². The summed E-state index contributed by atoms with van der Waals surface area (Å²) in [6, 6.07) is 0.0672. The molecule has 0 amide bonds. The van der Waals surface area contributed by atoms with E-state index in [1.165, 1.54) is 0 Å². The number of nitrogens with zero attached hydrogens (tertiary/aromatic N) is 4. The minimum Gasteiger partial charge on any atom is -0.406 e. The second-order valence-corrected chi connectivity index (χ2v) is 3.88. The second kappa shape index (κ2) is 4.54. The van der Waals surface area contributed by atoms with E-state index < -0.39 is 0 Å². The number of hydrogen-bond acceptors (Lipinski definition) is 6. The highest BCUT2D eigenvalue weighted by Gasteiger charge is 2.12. The molecule has 0 aliphatic rings. The Morgan fingerprint density at radius 1 is 1.53 bits per heavy atom. The van der Waals surface area contributed by atoms with Crippen LogP contribution in [0.4, 0.5) is 11.7 Å². The minimum atomic E-state index is -0.266. The van der Waals surface area contributed by atoms with Gasteiger partial charge in [-0.3, -0.25) is 4.68 Å². The molecule has 0 radical (unpaired) electrons. The maximum atomic E-state index is 5.64. The van der Waals surface area contributed by atoms with Crippen molar-refractivity contribution in [3.05, 3.63) is 17.8 Å². The Bertz CT molecular complexity index is 501. The summed E-state index contributed by atoms with van der Waals surface area (Å²) in [5.41, 5.74) is 7.46. The highest BCUT2D eigenvalue weighted by atomic mass is 16.4. The van der Waals surface area contributed by atoms with Crippen LogP contribution in [0.5, 0.6) is 0 Å². The molecule has 0 aromatic carbocycles. The summed E-state index contributed by atoms with van der Waals surface area (Å²) in [5, 5.41) is 15.1. The van der Waals surface area contributed by atoms with Crippen LogP contribution in [0.2, 0.25) is 0 Å². The Hall–Kier alpha value is -1.89. The Kier molecular flexibility index (Phi) is 3.10. The maximum Gasteiger partial charge on any atom is 0.320 e. The lowest BCUT2D eigenvalue weighted by molar-refractivity contribution is 0.475. The third kappa shape index (κ3) is 2.44. The molecule has 0 spiro atoms. The first kappa shape index (κ1) is 11.6. The second-order valence-electron chi connectivity index (χ2n) is 3.88. The fourth-order valence-electron chi connectivity index (χ4n) is 1.48. The summed E-state index contributed by atoms with van der Waals surface area (Å²) in [6.45, 7) is 3.83. The van der Waals surface area contributed by atoms with Crippen molar-refractivity contribution >= 4 is 11.7 Å². The molecular formula is C10H16N6O. The zero-order chi connectivity index (χ0) is 12.4. The molecule has 0 bridgehead atoms. The molecule has 0 saturated heterocycles. The smallest absolute Gasteiger partial charge is 0.320 e. The third-order valence-corrected chi connectivity index (χ3v) is 2.31. The first-order chi connectivity index (χ1) is 8.10. The van der Waals surface area contributed by atoms with Crippen LogP contribution in [0.3, 0.4) is 0 Å². The zero-order valence-corrected chi connectivity index (χ0v) is 10.1. The molecule has 1 atom stereocenters. The number of nitrogens with two attached hydrogens (primary N) is 1. The predicted octanol–water partition coefficient (Wildman–Crippen LogP) is 1.13. The molecule has 17 heavy (non-hydrogen) atoms. The van der Waals surface area contributed by atoms with Crippen molar-refractivity contribution in [1.29, 1.82) is 0 Å². The van der Waals surface area contributed by atoms with E-state index in [-0.39, 0.29) is 6.04 Å². The molecule has 1 unspecified atom stereocenters. The number of anilines is 2. The Labute approximate surface area is 99.0 Å². The van der Waals surface area contributed by atoms with Crippen molar-refractivity contribution in [1.82, 2.24) is 20.0 Å². The van der Waals surface area contributed by atoms with E-state index in [4.69, 9.17) is 10.2 Å². The van der Waals surface area contributed by atoms with Crippen molar-refractivity contribution < 1.29 is 4.42 Å². The van der Waals surface area contributed by atoms with Crippen LogP contribution in [0.1, 0.15) is 31.5 Å². The summed E-state index contributed by atoms with van der Waals surface area (Å²) in [7, 11) is 1.87. The van der Waals surface area contributed by atoms with Crippen molar-refractivity contribution in [2.75, 3.05) is 5.32 Å². The molecule has 0 aliphatic heterocycles. The lowest BCUT2D eigenvalue weighted by Crippen LogP contribution is -2.04. The SMILES string of the molecule is CCc1nn(C)cc1Nc1nnc(C(C)N)o1. The molecule has 2 aromatic rings. The number of aromatic nitrogens is 4. The highest BCUT2D eigenvalue weighted by molar-refractivity contribution is 5.54. The van der Waals surface area contributed by atoms with E-state index in [0.717, 1.165) is 17.8 Å². The normalized spacial score (nSPS) is 12.7. The number of rotatable bonds is 4. The average Bonchev–Trinajstić information content (AvgIpc) is 2.86. The minimum absolute atomic E-state index is 0.266. The number of aryl methyl sites for hydroxylation is 2. The molecule has 2 aromatic heterocycles. The van der Waals surface area contributed by atoms with Crippen LogP contribution in [0.15, 0.2) is 10.6 Å². The van der Waals surface area contributed by atoms with E-state index >= 15 is 0 Å². The quantitative estimate of drug-likeness (QED) is 0.826. The average molecular weight is 236 g/mol. The van der Waals surface area contributed by atoms with Crippen molar-refractivity contribution in [2.45, 2.75) is 26.3 Å². The molecule has 0 aliphatic carbocycles. The fourth-order valence-corrected chi connectivity index (χ4v) is 1.48. The van der Waals surface area contributed by atoms with E-state index in [1.54, 1.807) is 11.6 Å². The summed E-state index contributed by atoms with van der Waals surface area (Å²) in [4.78, 5) is 0. The van der Waals surface area contributed by atoms with Gasteiger partial charge in [-0.1, -0.05) is 12.0 Å². The van der Waals surface area contributed by atoms with Gasteiger partial charge in [-0.05, 0) is 13.3 Å². The van der Waals surface area contributed by atoms with Gasteiger partial charge in [0.25, 0.3) is 0 Å². The summed E-state index contributed by atoms with van der Waals surface area (Å²) < 4.78 is 7.10. The molecule has 3 N–H and O–H groups in total. The van der Waals surface area contributed by atoms with E-state index in [0.29, 0.717) is 11.9 Å². The highest BCUT2D eigenvalue weighted by Crippen LogP contribution is 2.20. The Balaban J connectivity index is 2.19. The maximum absolute atomic E-state index is 5.64. The molecule has 7 heteroatoms. The summed E-state index contributed by atoms with van der Waals surface area (Å²) in [5.74, 6) is 0.412. The Morgan fingerprint density at radius 3 is 2.88 bits per heavy atom. The van der Waals surface area contributed by atoms with Gasteiger partial charge in [0.15, 0.2) is 0 Å². The molecule has 92 valence electrons. The van der Waals surface area contributed by atoms with Gasteiger partial charge in [-0.15, -0.1) is 5.10 Å². The van der Waals surface area contributed by atoms with Crippen LogP contribution in [-0.4, -0.2) is 20.0 Å². The summed E-state index contributed by atoms with van der Waals surface area (Å²) >= 11 is 0. The molecular weight excluding hydrogens is 220 g/mol. The molecule has 0 fully saturated rings. The van der Waals surface area contributed by atoms with Gasteiger partial charge in [0.1, 0.15) is 0 Å². The van der Waals surface area contributed by atoms with Crippen LogP contribution in [0.25, 0.3) is 0 Å². The van der Waals surface area contributed by atoms with Crippen LogP contribution < -0.4 is 11.1 Å². The first-order valence-corrected chi connectivity index (χ1v) is 5.48. The van der Waals surface area contributed by atoms with Crippen molar-refractivity contribution in [2.24, 2.45) is 12.8 Å². The molecule has 2 heterocycles. The predicted molar refractivity (Wildman–Crippen MR) is 62.8 cm³/mol. The number of nitrogens with one attached hydrogen (secondary N) is 1. The van der Waals surface area contributed by atoms with Crippen LogP contribution >= 0.6 is 0 Å². The summed E-state index contributed by atoms with van der Waals surface area (Å²) in [6.07, 6.45) is 2.70. The van der Waals surface area contributed by atoms with E-state index in [2.05, 4.69) is 20.6 Å². The fraction of sp³-hybridized carbons (Fsp3) is 0.500. The first-order valence-electron chi connectivity index (χ1n) is 5.48. The number of hydrogen-bond donors (Lipinski definition) is 2. The lowest BCUT2D eigenvalue weighted by atomic mass is 10.3. The standard InChI is InChI=1S/C10H16N6O/c1-4-7-8(5-16(3)15-7)12-10-14-13-9(17-10)6(2)11/h5-6H,4,11H2,1-3H3,(H,12,14). The zero-order valence-electron chi connectivity index (χ0n) is 10.1. The van der Waals surface area contributed by atoms with Gasteiger partial charge < -0.3 is 15.5 Å². The lowest BCUT2D eigenvalue weighted by Gasteiger charge is -1.99. The Morgan fingerprint density at radius 2 is 2.29 bits per heavy atom. The monoisotopic (exact) mass is 236 g/mol. The van der Waals surface area contributed by atoms with Gasteiger partial charge in [-0.25, -0.2) is 0 Å². The van der Waals surface area contributed by atoms with Gasteiger partial charge in [0.05, 0.1) is 17.4 Å².